The molecule has 112 valence electrons. The van der Waals surface area contributed by atoms with E-state index in [-0.39, 0.29) is 18.4 Å². The summed E-state index contributed by atoms with van der Waals surface area (Å²) in [4.78, 5) is 26.4. The fourth-order valence-electron chi connectivity index (χ4n) is 3.75. The van der Waals surface area contributed by atoms with E-state index in [1.807, 2.05) is 30.3 Å². The molecule has 21 heavy (non-hydrogen) atoms. The fraction of sp³-hybridized carbons (Fsp3) is 0.529. The van der Waals surface area contributed by atoms with E-state index >= 15 is 0 Å². The van der Waals surface area contributed by atoms with Gasteiger partial charge in [-0.15, -0.1) is 0 Å². The Balaban J connectivity index is 1.80. The molecule has 1 heterocycles. The molecule has 1 spiro atoms. The van der Waals surface area contributed by atoms with E-state index in [4.69, 9.17) is 0 Å². The Morgan fingerprint density at radius 2 is 1.81 bits per heavy atom. The first kappa shape index (κ1) is 14.3. The van der Waals surface area contributed by atoms with Crippen LogP contribution in [0.25, 0.3) is 0 Å². The minimum atomic E-state index is -0.457. The summed E-state index contributed by atoms with van der Waals surface area (Å²) in [6.45, 7) is -0.178. The highest BCUT2D eigenvalue weighted by Gasteiger charge is 2.54. The molecule has 0 radical (unpaired) electrons. The fourth-order valence-corrected chi connectivity index (χ4v) is 3.75. The molecule has 1 aromatic carbocycles. The van der Waals surface area contributed by atoms with Gasteiger partial charge in [0.05, 0.1) is 18.1 Å². The quantitative estimate of drug-likeness (QED) is 0.861. The third kappa shape index (κ3) is 2.48. The van der Waals surface area contributed by atoms with Crippen LogP contribution in [0, 0.1) is 5.41 Å². The van der Waals surface area contributed by atoms with Crippen molar-refractivity contribution in [2.24, 2.45) is 5.41 Å². The lowest BCUT2D eigenvalue weighted by atomic mass is 9.84. The first-order valence-corrected chi connectivity index (χ1v) is 7.67. The number of benzene rings is 1. The molecular weight excluding hydrogens is 266 g/mol. The maximum atomic E-state index is 12.7. The molecule has 1 atom stereocenters. The van der Waals surface area contributed by atoms with Crippen LogP contribution in [0.5, 0.6) is 0 Å². The van der Waals surface area contributed by atoms with Crippen LogP contribution in [0.2, 0.25) is 0 Å². The van der Waals surface area contributed by atoms with Gasteiger partial charge in [0.2, 0.25) is 11.8 Å². The molecule has 1 aliphatic carbocycles. The topological polar surface area (TPSA) is 57.6 Å². The maximum absolute atomic E-state index is 12.7. The van der Waals surface area contributed by atoms with Crippen LogP contribution in [-0.2, 0) is 16.0 Å². The van der Waals surface area contributed by atoms with Crippen molar-refractivity contribution in [2.75, 3.05) is 6.61 Å². The molecule has 2 fully saturated rings. The lowest BCUT2D eigenvalue weighted by molar-refractivity contribution is -0.145. The molecule has 1 saturated carbocycles. The van der Waals surface area contributed by atoms with E-state index in [0.29, 0.717) is 12.8 Å². The van der Waals surface area contributed by atoms with Gasteiger partial charge in [-0.1, -0.05) is 43.2 Å². The molecule has 4 nitrogen and oxygen atoms in total. The van der Waals surface area contributed by atoms with Crippen LogP contribution in [0.15, 0.2) is 30.3 Å². The van der Waals surface area contributed by atoms with Gasteiger partial charge in [0.15, 0.2) is 0 Å². The second kappa shape index (κ2) is 5.60. The predicted molar refractivity (Wildman–Crippen MR) is 78.4 cm³/mol. The van der Waals surface area contributed by atoms with Gasteiger partial charge >= 0.3 is 0 Å². The number of rotatable bonds is 4. The van der Waals surface area contributed by atoms with E-state index in [1.165, 1.54) is 4.90 Å². The Bertz CT molecular complexity index is 534. The number of imide groups is 1. The average Bonchev–Trinajstić information content (AvgIpc) is 3.05. The molecular formula is C17H21NO3. The normalized spacial score (nSPS) is 22.2. The number of aliphatic hydroxyl groups excluding tert-OH is 1. The summed E-state index contributed by atoms with van der Waals surface area (Å²) in [5.41, 5.74) is 0.575. The molecule has 0 aromatic heterocycles. The molecule has 4 heteroatoms. The maximum Gasteiger partial charge on any atom is 0.236 e. The summed E-state index contributed by atoms with van der Waals surface area (Å²) in [6.07, 6.45) is 4.53. The highest BCUT2D eigenvalue weighted by atomic mass is 16.3. The summed E-state index contributed by atoms with van der Waals surface area (Å²) >= 11 is 0. The summed E-state index contributed by atoms with van der Waals surface area (Å²) in [5.74, 6) is -0.170. The molecule has 1 aromatic rings. The monoisotopic (exact) mass is 287 g/mol. The second-order valence-corrected chi connectivity index (χ2v) is 6.26. The third-order valence-electron chi connectivity index (χ3n) is 4.88. The Labute approximate surface area is 124 Å². The minimum absolute atomic E-state index is 0.0556. The summed E-state index contributed by atoms with van der Waals surface area (Å²) in [6, 6.07) is 9.26. The van der Waals surface area contributed by atoms with Crippen LogP contribution < -0.4 is 0 Å². The largest absolute Gasteiger partial charge is 0.394 e. The number of amides is 2. The predicted octanol–water partition coefficient (Wildman–Crippen LogP) is 1.91. The molecule has 1 aliphatic heterocycles. The molecule has 1 saturated heterocycles. The zero-order valence-electron chi connectivity index (χ0n) is 12.1. The Morgan fingerprint density at radius 3 is 2.43 bits per heavy atom. The second-order valence-electron chi connectivity index (χ2n) is 6.26. The lowest BCUT2D eigenvalue weighted by Crippen LogP contribution is -2.45. The van der Waals surface area contributed by atoms with Gasteiger partial charge in [-0.2, -0.15) is 0 Å². The smallest absolute Gasteiger partial charge is 0.236 e. The Kier molecular flexibility index (Phi) is 3.81. The lowest BCUT2D eigenvalue weighted by Gasteiger charge is -2.27. The van der Waals surface area contributed by atoms with Gasteiger partial charge in [-0.05, 0) is 24.8 Å². The Morgan fingerprint density at radius 1 is 1.14 bits per heavy atom. The number of aliphatic hydroxyl groups is 1. The van der Waals surface area contributed by atoms with Crippen LogP contribution in [0.1, 0.15) is 37.7 Å². The van der Waals surface area contributed by atoms with E-state index in [1.54, 1.807) is 0 Å². The van der Waals surface area contributed by atoms with Crippen molar-refractivity contribution in [2.45, 2.75) is 44.6 Å². The number of hydrogen-bond donors (Lipinski definition) is 1. The first-order chi connectivity index (χ1) is 10.2. The van der Waals surface area contributed by atoms with Gasteiger partial charge < -0.3 is 5.11 Å². The van der Waals surface area contributed by atoms with E-state index in [9.17, 15) is 14.7 Å². The van der Waals surface area contributed by atoms with Crippen LogP contribution in [0.4, 0.5) is 0 Å². The van der Waals surface area contributed by atoms with Gasteiger partial charge in [0, 0.05) is 6.42 Å². The summed E-state index contributed by atoms with van der Waals surface area (Å²) in [7, 11) is 0. The molecule has 2 aliphatic rings. The standard InChI is InChI=1S/C17H21NO3/c19-12-14(10-13-6-2-1-3-7-13)18-15(20)11-17(16(18)21)8-4-5-9-17/h1-3,6-7,14,19H,4-5,8-12H2. The minimum Gasteiger partial charge on any atom is -0.394 e. The van der Waals surface area contributed by atoms with Crippen molar-refractivity contribution in [1.82, 2.24) is 4.90 Å². The molecule has 1 unspecified atom stereocenters. The molecule has 2 amide bonds. The van der Waals surface area contributed by atoms with Crippen molar-refractivity contribution >= 4 is 11.8 Å². The number of carbonyl (C=O) groups excluding carboxylic acids is 2. The highest BCUT2D eigenvalue weighted by molar-refractivity contribution is 6.06. The average molecular weight is 287 g/mol. The Hall–Kier alpha value is -1.68. The van der Waals surface area contributed by atoms with Crippen molar-refractivity contribution < 1.29 is 14.7 Å². The van der Waals surface area contributed by atoms with Gasteiger partial charge in [-0.3, -0.25) is 14.5 Å². The molecule has 0 bridgehead atoms. The number of carbonyl (C=O) groups is 2. The van der Waals surface area contributed by atoms with Crippen molar-refractivity contribution in [1.29, 1.82) is 0 Å². The summed E-state index contributed by atoms with van der Waals surface area (Å²) < 4.78 is 0. The highest BCUT2D eigenvalue weighted by Crippen LogP contribution is 2.47. The number of nitrogens with zero attached hydrogens (tertiary/aromatic N) is 1. The van der Waals surface area contributed by atoms with Gasteiger partial charge in [0.25, 0.3) is 0 Å². The van der Waals surface area contributed by atoms with E-state index in [2.05, 4.69) is 0 Å². The van der Waals surface area contributed by atoms with E-state index in [0.717, 1.165) is 31.2 Å². The summed E-state index contributed by atoms with van der Waals surface area (Å²) in [5, 5.41) is 9.67. The van der Waals surface area contributed by atoms with E-state index < -0.39 is 11.5 Å². The van der Waals surface area contributed by atoms with Crippen LogP contribution >= 0.6 is 0 Å². The number of likely N-dealkylation sites (tertiary alicyclic amines) is 1. The third-order valence-corrected chi connectivity index (χ3v) is 4.88. The van der Waals surface area contributed by atoms with Crippen LogP contribution in [-0.4, -0.2) is 34.5 Å². The zero-order valence-corrected chi connectivity index (χ0v) is 12.1. The number of hydrogen-bond acceptors (Lipinski definition) is 3. The van der Waals surface area contributed by atoms with Crippen LogP contribution in [0.3, 0.4) is 0 Å². The van der Waals surface area contributed by atoms with Gasteiger partial charge in [-0.25, -0.2) is 0 Å². The SMILES string of the molecule is O=C1CC2(CCCC2)C(=O)N1C(CO)Cc1ccccc1. The molecule has 1 N–H and O–H groups in total. The van der Waals surface area contributed by atoms with Crippen molar-refractivity contribution in [3.8, 4) is 0 Å². The molecule has 3 rings (SSSR count). The zero-order chi connectivity index (χ0) is 14.9. The van der Waals surface area contributed by atoms with Crippen molar-refractivity contribution in [3.63, 3.8) is 0 Å². The first-order valence-electron chi connectivity index (χ1n) is 7.67. The van der Waals surface area contributed by atoms with Gasteiger partial charge in [0.1, 0.15) is 0 Å². The van der Waals surface area contributed by atoms with Crippen molar-refractivity contribution in [3.05, 3.63) is 35.9 Å².